The zero-order valence-corrected chi connectivity index (χ0v) is 11.1. The van der Waals surface area contributed by atoms with Crippen molar-refractivity contribution < 1.29 is 9.13 Å². The largest absolute Gasteiger partial charge is 0.484 e. The summed E-state index contributed by atoms with van der Waals surface area (Å²) in [5.74, 6) is 0.144. The molecule has 0 radical (unpaired) electrons. The first-order valence-corrected chi connectivity index (χ1v) is 6.26. The number of hydrogen-bond donors (Lipinski definition) is 1. The van der Waals surface area contributed by atoms with Gasteiger partial charge in [-0.15, -0.1) is 0 Å². The van der Waals surface area contributed by atoms with Crippen LogP contribution in [0.25, 0.3) is 0 Å². The second-order valence-electron chi connectivity index (χ2n) is 4.52. The number of nitrogens with zero attached hydrogens (tertiary/aromatic N) is 2. The van der Waals surface area contributed by atoms with Crippen LogP contribution in [0.3, 0.4) is 0 Å². The van der Waals surface area contributed by atoms with Crippen LogP contribution in [0.4, 0.5) is 4.39 Å². The van der Waals surface area contributed by atoms with Gasteiger partial charge in [0.25, 0.3) is 0 Å². The van der Waals surface area contributed by atoms with E-state index in [-0.39, 0.29) is 18.0 Å². The Morgan fingerprint density at radius 2 is 2.26 bits per heavy atom. The van der Waals surface area contributed by atoms with Gasteiger partial charge in [0.05, 0.1) is 6.20 Å². The van der Waals surface area contributed by atoms with E-state index in [9.17, 15) is 4.39 Å². The smallest absolute Gasteiger partial charge is 0.142 e. The predicted molar refractivity (Wildman–Crippen MR) is 71.2 cm³/mol. The number of rotatable bonds is 5. The molecule has 0 spiro atoms. The molecule has 0 aliphatic carbocycles. The number of nitrogens with two attached hydrogens (primary N) is 1. The Morgan fingerprint density at radius 1 is 1.47 bits per heavy atom. The minimum atomic E-state index is -0.333. The second kappa shape index (κ2) is 5.84. The molecule has 4 nitrogen and oxygen atoms in total. The van der Waals surface area contributed by atoms with Crippen molar-refractivity contribution in [1.29, 1.82) is 0 Å². The van der Waals surface area contributed by atoms with Crippen molar-refractivity contribution in [2.45, 2.75) is 25.5 Å². The Hall–Kier alpha value is -1.88. The maximum atomic E-state index is 13.2. The van der Waals surface area contributed by atoms with Gasteiger partial charge in [-0.3, -0.25) is 4.68 Å². The molecule has 102 valence electrons. The van der Waals surface area contributed by atoms with Gasteiger partial charge >= 0.3 is 0 Å². The molecule has 2 aromatic rings. The highest BCUT2D eigenvalue weighted by Gasteiger charge is 2.22. The molecule has 1 aromatic carbocycles. The third kappa shape index (κ3) is 3.32. The quantitative estimate of drug-likeness (QED) is 0.901. The van der Waals surface area contributed by atoms with Crippen LogP contribution in [0.2, 0.25) is 0 Å². The minimum absolute atomic E-state index is 0.174. The van der Waals surface area contributed by atoms with E-state index < -0.39 is 0 Å². The molecule has 0 amide bonds. The van der Waals surface area contributed by atoms with Crippen LogP contribution in [0, 0.1) is 5.82 Å². The summed E-state index contributed by atoms with van der Waals surface area (Å²) in [6.45, 7) is 1.99. The van der Waals surface area contributed by atoms with Gasteiger partial charge in [-0.05, 0) is 18.6 Å². The van der Waals surface area contributed by atoms with E-state index in [0.717, 1.165) is 12.0 Å². The number of halogens is 1. The van der Waals surface area contributed by atoms with Gasteiger partial charge in [0.15, 0.2) is 0 Å². The molecule has 2 atom stereocenters. The van der Waals surface area contributed by atoms with Crippen molar-refractivity contribution >= 4 is 0 Å². The van der Waals surface area contributed by atoms with Gasteiger partial charge in [-0.2, -0.15) is 5.10 Å². The number of ether oxygens (including phenoxy) is 1. The van der Waals surface area contributed by atoms with Crippen LogP contribution in [0.5, 0.6) is 5.75 Å². The Morgan fingerprint density at radius 3 is 2.84 bits per heavy atom. The molecule has 2 unspecified atom stereocenters. The fraction of sp³-hybridized carbons (Fsp3) is 0.357. The highest BCUT2D eigenvalue weighted by molar-refractivity contribution is 5.24. The van der Waals surface area contributed by atoms with Crippen LogP contribution >= 0.6 is 0 Å². The normalized spacial score (nSPS) is 14.1. The summed E-state index contributed by atoms with van der Waals surface area (Å²) < 4.78 is 20.7. The van der Waals surface area contributed by atoms with E-state index in [0.29, 0.717) is 5.75 Å². The van der Waals surface area contributed by atoms with Gasteiger partial charge in [-0.1, -0.05) is 13.0 Å². The number of aromatic nitrogens is 2. The number of benzene rings is 1. The monoisotopic (exact) mass is 263 g/mol. The molecule has 2 N–H and O–H groups in total. The van der Waals surface area contributed by atoms with E-state index in [4.69, 9.17) is 10.5 Å². The van der Waals surface area contributed by atoms with E-state index >= 15 is 0 Å². The first kappa shape index (κ1) is 13.5. The maximum absolute atomic E-state index is 13.2. The summed E-state index contributed by atoms with van der Waals surface area (Å²) in [6, 6.07) is 5.89. The van der Waals surface area contributed by atoms with Gasteiger partial charge < -0.3 is 10.5 Å². The Kier molecular flexibility index (Phi) is 4.16. The number of aryl methyl sites for hydroxylation is 1. The number of hydrogen-bond acceptors (Lipinski definition) is 3. The molecule has 0 bridgehead atoms. The van der Waals surface area contributed by atoms with E-state index in [1.165, 1.54) is 12.1 Å². The first-order chi connectivity index (χ1) is 9.10. The van der Waals surface area contributed by atoms with Gasteiger partial charge in [-0.25, -0.2) is 4.39 Å². The summed E-state index contributed by atoms with van der Waals surface area (Å²) in [6.07, 6.45) is 4.01. The molecule has 0 aliphatic rings. The zero-order chi connectivity index (χ0) is 13.8. The molecule has 0 fully saturated rings. The Labute approximate surface area is 112 Å². The summed E-state index contributed by atoms with van der Waals surface area (Å²) in [5, 5.41) is 4.12. The van der Waals surface area contributed by atoms with Crippen molar-refractivity contribution in [3.63, 3.8) is 0 Å². The fourth-order valence-corrected chi connectivity index (χ4v) is 1.89. The lowest BCUT2D eigenvalue weighted by Gasteiger charge is -2.23. The van der Waals surface area contributed by atoms with Gasteiger partial charge in [0.2, 0.25) is 0 Å². The summed E-state index contributed by atoms with van der Waals surface area (Å²) >= 11 is 0. The van der Waals surface area contributed by atoms with Crippen molar-refractivity contribution in [3.05, 3.63) is 48.0 Å². The molecule has 0 aliphatic heterocycles. The minimum Gasteiger partial charge on any atom is -0.484 e. The highest BCUT2D eigenvalue weighted by atomic mass is 19.1. The first-order valence-electron chi connectivity index (χ1n) is 6.26. The van der Waals surface area contributed by atoms with Gasteiger partial charge in [0.1, 0.15) is 17.7 Å². The fourth-order valence-electron chi connectivity index (χ4n) is 1.89. The second-order valence-corrected chi connectivity index (χ2v) is 4.52. The third-order valence-corrected chi connectivity index (χ3v) is 2.97. The summed E-state index contributed by atoms with van der Waals surface area (Å²) in [7, 11) is 1.83. The van der Waals surface area contributed by atoms with Crippen molar-refractivity contribution in [2.75, 3.05) is 0 Å². The van der Waals surface area contributed by atoms with Crippen molar-refractivity contribution in [2.24, 2.45) is 12.8 Å². The summed E-state index contributed by atoms with van der Waals surface area (Å²) in [4.78, 5) is 0. The summed E-state index contributed by atoms with van der Waals surface area (Å²) in [5.41, 5.74) is 6.98. The average molecular weight is 263 g/mol. The lowest BCUT2D eigenvalue weighted by atomic mass is 10.0. The predicted octanol–water partition coefficient (Wildman–Crippen LogP) is 2.42. The topological polar surface area (TPSA) is 53.1 Å². The molecule has 1 heterocycles. The zero-order valence-electron chi connectivity index (χ0n) is 11.1. The highest BCUT2D eigenvalue weighted by Crippen LogP contribution is 2.25. The van der Waals surface area contributed by atoms with Crippen LogP contribution in [0.1, 0.15) is 25.0 Å². The van der Waals surface area contributed by atoms with E-state index in [2.05, 4.69) is 5.10 Å². The molecule has 0 saturated heterocycles. The van der Waals surface area contributed by atoms with Crippen molar-refractivity contribution in [1.82, 2.24) is 9.78 Å². The van der Waals surface area contributed by atoms with Crippen LogP contribution in [-0.4, -0.2) is 15.8 Å². The molecular formula is C14H18FN3O. The lowest BCUT2D eigenvalue weighted by molar-refractivity contribution is 0.170. The van der Waals surface area contributed by atoms with Crippen LogP contribution in [0.15, 0.2) is 36.7 Å². The molecule has 1 aromatic heterocycles. The molecule has 5 heteroatoms. The molecule has 19 heavy (non-hydrogen) atoms. The van der Waals surface area contributed by atoms with E-state index in [1.807, 2.05) is 20.2 Å². The standard InChI is InChI=1S/C14H18FN3O/c1-3-13(16)14(10-8-17-18(2)9-10)19-12-6-4-5-11(15)7-12/h4-9,13-14H,3,16H2,1-2H3. The van der Waals surface area contributed by atoms with Crippen LogP contribution in [-0.2, 0) is 7.05 Å². The molecule has 2 rings (SSSR count). The van der Waals surface area contributed by atoms with Crippen LogP contribution < -0.4 is 10.5 Å². The average Bonchev–Trinajstić information content (AvgIpc) is 2.81. The van der Waals surface area contributed by atoms with E-state index in [1.54, 1.807) is 23.0 Å². The van der Waals surface area contributed by atoms with Gasteiger partial charge in [0, 0.05) is 30.9 Å². The maximum Gasteiger partial charge on any atom is 0.142 e. The Balaban J connectivity index is 2.24. The third-order valence-electron chi connectivity index (χ3n) is 2.97. The molecule has 0 saturated carbocycles. The lowest BCUT2D eigenvalue weighted by Crippen LogP contribution is -2.31. The van der Waals surface area contributed by atoms with Crippen molar-refractivity contribution in [3.8, 4) is 5.75 Å². The Bertz CT molecular complexity index is 541. The SMILES string of the molecule is CCC(N)C(Oc1cccc(F)c1)c1cnn(C)c1. The molecular weight excluding hydrogens is 245 g/mol.